The maximum Gasteiger partial charge on any atom is 0.120 e. The Morgan fingerprint density at radius 1 is 0.920 bits per heavy atom. The van der Waals surface area contributed by atoms with Gasteiger partial charge >= 0.3 is 0 Å². The fourth-order valence-corrected chi connectivity index (χ4v) is 4.31. The summed E-state index contributed by atoms with van der Waals surface area (Å²) in [5.74, 6) is 2.17. The molecule has 1 aliphatic carbocycles. The lowest BCUT2D eigenvalue weighted by molar-refractivity contribution is 0.0288. The minimum Gasteiger partial charge on any atom is -0.487 e. The summed E-state index contributed by atoms with van der Waals surface area (Å²) in [7, 11) is 0. The average Bonchev–Trinajstić information content (AvgIpc) is 2.94. The first kappa shape index (κ1) is 20.3. The van der Waals surface area contributed by atoms with E-state index in [2.05, 4.69) is 79.7 Å². The van der Waals surface area contributed by atoms with E-state index in [-0.39, 0.29) is 11.0 Å². The van der Waals surface area contributed by atoms with Crippen molar-refractivity contribution in [2.45, 2.75) is 99.0 Å². The zero-order valence-corrected chi connectivity index (χ0v) is 17.9. The number of rotatable bonds is 5. The van der Waals surface area contributed by atoms with Gasteiger partial charge in [-0.3, -0.25) is 0 Å². The van der Waals surface area contributed by atoms with Crippen LogP contribution in [-0.2, 0) is 0 Å². The van der Waals surface area contributed by atoms with Crippen molar-refractivity contribution >= 4 is 0 Å². The van der Waals surface area contributed by atoms with Crippen molar-refractivity contribution in [1.29, 1.82) is 0 Å². The van der Waals surface area contributed by atoms with Crippen molar-refractivity contribution < 1.29 is 4.74 Å². The molecule has 1 aromatic carbocycles. The fourth-order valence-electron chi connectivity index (χ4n) is 4.31. The minimum absolute atomic E-state index is 0.0519. The van der Waals surface area contributed by atoms with Crippen molar-refractivity contribution in [1.82, 2.24) is 0 Å². The van der Waals surface area contributed by atoms with Crippen molar-refractivity contribution in [3.05, 3.63) is 29.8 Å². The van der Waals surface area contributed by atoms with Crippen LogP contribution in [0.5, 0.6) is 5.75 Å². The second-order valence-electron chi connectivity index (χ2n) is 10.8. The van der Waals surface area contributed by atoms with Gasteiger partial charge in [0.2, 0.25) is 0 Å². The molecule has 25 heavy (non-hydrogen) atoms. The van der Waals surface area contributed by atoms with Gasteiger partial charge in [0.25, 0.3) is 0 Å². The van der Waals surface area contributed by atoms with E-state index in [9.17, 15) is 0 Å². The molecule has 1 heteroatoms. The highest BCUT2D eigenvalue weighted by molar-refractivity contribution is 5.31. The average molecular weight is 345 g/mol. The quantitative estimate of drug-likeness (QED) is 0.534. The van der Waals surface area contributed by atoms with E-state index in [1.807, 2.05) is 0 Å². The van der Waals surface area contributed by atoms with Crippen molar-refractivity contribution in [2.24, 2.45) is 16.7 Å². The van der Waals surface area contributed by atoms with Crippen LogP contribution in [0.2, 0.25) is 0 Å². The Morgan fingerprint density at radius 2 is 1.44 bits per heavy atom. The first-order valence-corrected chi connectivity index (χ1v) is 10.2. The van der Waals surface area contributed by atoms with Crippen molar-refractivity contribution in [2.75, 3.05) is 0 Å². The molecule has 0 heterocycles. The molecule has 1 saturated carbocycles. The summed E-state index contributed by atoms with van der Waals surface area (Å²) in [6.07, 6.45) is 6.19. The van der Waals surface area contributed by atoms with Crippen LogP contribution in [0, 0.1) is 16.7 Å². The normalized spacial score (nSPS) is 19.2. The molecule has 0 saturated heterocycles. The predicted molar refractivity (Wildman–Crippen MR) is 109 cm³/mol. The zero-order valence-electron chi connectivity index (χ0n) is 17.9. The Hall–Kier alpha value is -0.980. The molecule has 142 valence electrons. The smallest absolute Gasteiger partial charge is 0.120 e. The van der Waals surface area contributed by atoms with Crippen LogP contribution >= 0.6 is 0 Å². The third-order valence-corrected chi connectivity index (χ3v) is 5.97. The lowest BCUT2D eigenvalue weighted by Gasteiger charge is -2.37. The number of ether oxygens (including phenoxy) is 1. The van der Waals surface area contributed by atoms with Gasteiger partial charge in [0.05, 0.1) is 0 Å². The summed E-state index contributed by atoms with van der Waals surface area (Å²) in [6.45, 7) is 18.7. The van der Waals surface area contributed by atoms with E-state index < -0.39 is 0 Å². The molecule has 0 spiro atoms. The summed E-state index contributed by atoms with van der Waals surface area (Å²) in [5, 5.41) is 0. The van der Waals surface area contributed by atoms with Crippen LogP contribution in [-0.4, -0.2) is 5.60 Å². The van der Waals surface area contributed by atoms with E-state index >= 15 is 0 Å². The van der Waals surface area contributed by atoms with Crippen molar-refractivity contribution in [3.63, 3.8) is 0 Å². The van der Waals surface area contributed by atoms with Gasteiger partial charge in [0.1, 0.15) is 11.4 Å². The van der Waals surface area contributed by atoms with Crippen LogP contribution in [0.4, 0.5) is 0 Å². The molecule has 1 unspecified atom stereocenters. The van der Waals surface area contributed by atoms with Crippen LogP contribution in [0.1, 0.15) is 99.0 Å². The molecule has 0 amide bonds. The highest BCUT2D eigenvalue weighted by atomic mass is 16.5. The second-order valence-corrected chi connectivity index (χ2v) is 10.8. The standard InChI is InChI=1S/C24H40O/c1-18(2)24(15-9-10-16-24)25-20-13-11-19(12-14-20)21(23(6,7)8)17-22(3,4)5/h11-14,18,21H,9-10,15-17H2,1-8H3. The zero-order chi connectivity index (χ0) is 18.9. The van der Waals surface area contributed by atoms with E-state index in [0.29, 0.717) is 17.3 Å². The van der Waals surface area contributed by atoms with Gasteiger partial charge in [-0.15, -0.1) is 0 Å². The Morgan fingerprint density at radius 3 is 1.84 bits per heavy atom. The van der Waals surface area contributed by atoms with Gasteiger partial charge in [-0.2, -0.15) is 0 Å². The highest BCUT2D eigenvalue weighted by Gasteiger charge is 2.39. The van der Waals surface area contributed by atoms with Gasteiger partial charge in [0, 0.05) is 0 Å². The lowest BCUT2D eigenvalue weighted by Crippen LogP contribution is -2.38. The topological polar surface area (TPSA) is 9.23 Å². The molecule has 1 aromatic rings. The van der Waals surface area contributed by atoms with Gasteiger partial charge < -0.3 is 4.74 Å². The molecule has 0 radical (unpaired) electrons. The lowest BCUT2D eigenvalue weighted by atomic mass is 9.69. The molecule has 2 rings (SSSR count). The van der Waals surface area contributed by atoms with Crippen LogP contribution in [0.25, 0.3) is 0 Å². The first-order chi connectivity index (χ1) is 11.4. The van der Waals surface area contributed by atoms with E-state index in [4.69, 9.17) is 4.74 Å². The molecule has 0 aliphatic heterocycles. The molecule has 1 aliphatic rings. The molecular formula is C24H40O. The van der Waals surface area contributed by atoms with E-state index in [1.54, 1.807) is 0 Å². The summed E-state index contributed by atoms with van der Waals surface area (Å²) in [5.41, 5.74) is 2.09. The molecule has 1 atom stereocenters. The maximum atomic E-state index is 6.55. The molecule has 1 fully saturated rings. The SMILES string of the molecule is CC(C)C1(Oc2ccc(C(CC(C)(C)C)C(C)(C)C)cc2)CCCC1. The van der Waals surface area contributed by atoms with Crippen LogP contribution in [0.3, 0.4) is 0 Å². The molecule has 0 N–H and O–H groups in total. The van der Waals surface area contributed by atoms with Gasteiger partial charge in [-0.25, -0.2) is 0 Å². The highest BCUT2D eigenvalue weighted by Crippen LogP contribution is 2.44. The summed E-state index contributed by atoms with van der Waals surface area (Å²) in [4.78, 5) is 0. The van der Waals surface area contributed by atoms with Gasteiger partial charge in [-0.1, -0.05) is 67.5 Å². The monoisotopic (exact) mass is 344 g/mol. The number of benzene rings is 1. The Bertz CT molecular complexity index is 533. The third kappa shape index (κ3) is 5.25. The Labute approximate surface area is 156 Å². The fraction of sp³-hybridized carbons (Fsp3) is 0.750. The molecule has 1 nitrogen and oxygen atoms in total. The molecular weight excluding hydrogens is 304 g/mol. The van der Waals surface area contributed by atoms with Crippen LogP contribution < -0.4 is 4.74 Å². The maximum absolute atomic E-state index is 6.55. The minimum atomic E-state index is 0.0519. The van der Waals surface area contributed by atoms with Crippen LogP contribution in [0.15, 0.2) is 24.3 Å². The second kappa shape index (κ2) is 7.33. The van der Waals surface area contributed by atoms with E-state index in [1.165, 1.54) is 37.7 Å². The molecule has 0 bridgehead atoms. The summed E-state index contributed by atoms with van der Waals surface area (Å²) >= 11 is 0. The van der Waals surface area contributed by atoms with E-state index in [0.717, 1.165) is 5.75 Å². The predicted octanol–water partition coefficient (Wildman–Crippen LogP) is 7.60. The molecule has 0 aromatic heterocycles. The first-order valence-electron chi connectivity index (χ1n) is 10.2. The Balaban J connectivity index is 2.20. The number of hydrogen-bond donors (Lipinski definition) is 0. The van der Waals surface area contributed by atoms with Crippen molar-refractivity contribution in [3.8, 4) is 5.75 Å². The van der Waals surface area contributed by atoms with Gasteiger partial charge in [-0.05, 0) is 72.5 Å². The Kier molecular flexibility index (Phi) is 5.96. The third-order valence-electron chi connectivity index (χ3n) is 5.97. The summed E-state index contributed by atoms with van der Waals surface area (Å²) < 4.78 is 6.55. The number of hydrogen-bond acceptors (Lipinski definition) is 1. The van der Waals surface area contributed by atoms with Gasteiger partial charge in [0.15, 0.2) is 0 Å². The largest absolute Gasteiger partial charge is 0.487 e. The summed E-state index contributed by atoms with van der Waals surface area (Å²) in [6, 6.07) is 9.03.